The lowest BCUT2D eigenvalue weighted by molar-refractivity contribution is 0.452. The Balaban J connectivity index is 2.30. The first-order valence-electron chi connectivity index (χ1n) is 6.94. The number of hydrogen-bond donors (Lipinski definition) is 1. The molecule has 1 heterocycles. The van der Waals surface area contributed by atoms with Crippen LogP contribution in [0.1, 0.15) is 36.6 Å². The van der Waals surface area contributed by atoms with Crippen molar-refractivity contribution < 1.29 is 4.74 Å². The van der Waals surface area contributed by atoms with Crippen molar-refractivity contribution in [1.29, 1.82) is 0 Å². The van der Waals surface area contributed by atoms with Gasteiger partial charge in [-0.3, -0.25) is 4.98 Å². The molecule has 21 heavy (non-hydrogen) atoms. The van der Waals surface area contributed by atoms with E-state index in [-0.39, 0.29) is 0 Å². The summed E-state index contributed by atoms with van der Waals surface area (Å²) in [7, 11) is 1.87. The Hall–Kier alpha value is -1.65. The van der Waals surface area contributed by atoms with Crippen molar-refractivity contribution in [3.8, 4) is 11.6 Å². The smallest absolute Gasteiger partial charge is 0.238 e. The third-order valence-corrected chi connectivity index (χ3v) is 3.48. The Bertz CT molecular complexity index is 629. The quantitative estimate of drug-likeness (QED) is 0.904. The molecule has 1 N–H and O–H groups in total. The van der Waals surface area contributed by atoms with Gasteiger partial charge in [-0.25, -0.2) is 4.98 Å². The molecule has 0 saturated heterocycles. The summed E-state index contributed by atoms with van der Waals surface area (Å²) in [6.45, 7) is 6.83. The molecule has 0 bridgehead atoms. The van der Waals surface area contributed by atoms with Crippen molar-refractivity contribution in [2.24, 2.45) is 0 Å². The van der Waals surface area contributed by atoms with Gasteiger partial charge in [-0.05, 0) is 43.1 Å². The van der Waals surface area contributed by atoms with Crippen LogP contribution >= 0.6 is 11.6 Å². The van der Waals surface area contributed by atoms with Crippen molar-refractivity contribution in [2.45, 2.75) is 33.2 Å². The Kier molecular flexibility index (Phi) is 5.15. The number of aryl methyl sites for hydroxylation is 1. The van der Waals surface area contributed by atoms with Crippen LogP contribution in [0.25, 0.3) is 0 Å². The number of hydrogen-bond acceptors (Lipinski definition) is 4. The predicted molar refractivity (Wildman–Crippen MR) is 85.1 cm³/mol. The van der Waals surface area contributed by atoms with E-state index in [9.17, 15) is 0 Å². The van der Waals surface area contributed by atoms with Gasteiger partial charge < -0.3 is 10.1 Å². The Labute approximate surface area is 130 Å². The molecule has 0 aliphatic rings. The molecule has 0 saturated carbocycles. The number of aromatic nitrogens is 2. The number of rotatable bonds is 5. The zero-order valence-electron chi connectivity index (χ0n) is 12.8. The molecule has 0 fully saturated rings. The molecule has 0 spiro atoms. The summed E-state index contributed by atoms with van der Waals surface area (Å²) in [5, 5.41) is 3.81. The first kappa shape index (κ1) is 15.7. The molecular weight excluding hydrogens is 286 g/mol. The van der Waals surface area contributed by atoms with Crippen molar-refractivity contribution >= 4 is 11.6 Å². The van der Waals surface area contributed by atoms with Gasteiger partial charge in [0, 0.05) is 17.8 Å². The molecule has 0 radical (unpaired) electrons. The molecule has 112 valence electrons. The van der Waals surface area contributed by atoms with Gasteiger partial charge >= 0.3 is 0 Å². The highest BCUT2D eigenvalue weighted by Crippen LogP contribution is 2.33. The molecule has 0 aliphatic carbocycles. The molecule has 2 aromatic rings. The van der Waals surface area contributed by atoms with Gasteiger partial charge in [0.1, 0.15) is 5.75 Å². The van der Waals surface area contributed by atoms with E-state index in [1.807, 2.05) is 26.1 Å². The van der Waals surface area contributed by atoms with Crippen LogP contribution in [-0.4, -0.2) is 17.0 Å². The number of benzene rings is 1. The fraction of sp³-hybridized carbons (Fsp3) is 0.375. The molecule has 1 aromatic heterocycles. The summed E-state index contributed by atoms with van der Waals surface area (Å²) in [6, 6.07) is 3.91. The summed E-state index contributed by atoms with van der Waals surface area (Å²) < 4.78 is 5.88. The van der Waals surface area contributed by atoms with E-state index in [1.165, 1.54) is 0 Å². The highest BCUT2D eigenvalue weighted by atomic mass is 35.5. The molecule has 5 heteroatoms. The highest BCUT2D eigenvalue weighted by Gasteiger charge is 2.11. The lowest BCUT2D eigenvalue weighted by atomic mass is 10.0. The largest absolute Gasteiger partial charge is 0.437 e. The van der Waals surface area contributed by atoms with Crippen molar-refractivity contribution in [3.05, 3.63) is 46.4 Å². The zero-order valence-corrected chi connectivity index (χ0v) is 13.5. The van der Waals surface area contributed by atoms with Gasteiger partial charge in [0.25, 0.3) is 0 Å². The Morgan fingerprint density at radius 2 is 2.05 bits per heavy atom. The maximum Gasteiger partial charge on any atom is 0.238 e. The molecular formula is C16H20ClN3O. The second kappa shape index (κ2) is 6.87. The molecule has 0 amide bonds. The maximum absolute atomic E-state index is 6.27. The van der Waals surface area contributed by atoms with Gasteiger partial charge in [0.15, 0.2) is 0 Å². The average molecular weight is 306 g/mol. The summed E-state index contributed by atoms with van der Waals surface area (Å²) in [5.41, 5.74) is 2.88. The normalized spacial score (nSPS) is 11.0. The van der Waals surface area contributed by atoms with Crippen LogP contribution in [0.2, 0.25) is 5.02 Å². The van der Waals surface area contributed by atoms with Gasteiger partial charge in [-0.1, -0.05) is 25.4 Å². The summed E-state index contributed by atoms with van der Waals surface area (Å²) in [6.07, 6.45) is 3.33. The van der Waals surface area contributed by atoms with E-state index in [0.717, 1.165) is 27.6 Å². The molecule has 0 aliphatic heterocycles. The summed E-state index contributed by atoms with van der Waals surface area (Å²) in [5.74, 6) is 1.59. The van der Waals surface area contributed by atoms with Crippen molar-refractivity contribution in [1.82, 2.24) is 15.3 Å². The van der Waals surface area contributed by atoms with E-state index in [0.29, 0.717) is 18.3 Å². The van der Waals surface area contributed by atoms with Crippen LogP contribution in [0.5, 0.6) is 11.6 Å². The number of ether oxygens (including phenoxy) is 1. The first-order valence-corrected chi connectivity index (χ1v) is 7.32. The van der Waals surface area contributed by atoms with E-state index in [2.05, 4.69) is 29.1 Å². The number of halogens is 1. The lowest BCUT2D eigenvalue weighted by Gasteiger charge is -2.14. The SMILES string of the molecule is CNCc1cncc(Oc2cc(C(C)C)c(Cl)cc2C)n1. The third kappa shape index (κ3) is 3.93. The lowest BCUT2D eigenvalue weighted by Crippen LogP contribution is -2.07. The Morgan fingerprint density at radius 1 is 1.29 bits per heavy atom. The maximum atomic E-state index is 6.27. The molecule has 2 rings (SSSR count). The molecule has 1 aromatic carbocycles. The standard InChI is InChI=1S/C16H20ClN3O/c1-10(2)13-6-15(11(3)5-14(13)17)21-16-9-19-8-12(20-16)7-18-4/h5-6,8-10,18H,7H2,1-4H3. The monoisotopic (exact) mass is 305 g/mol. The zero-order chi connectivity index (χ0) is 15.4. The average Bonchev–Trinajstić information content (AvgIpc) is 2.42. The topological polar surface area (TPSA) is 47.0 Å². The minimum absolute atomic E-state index is 0.335. The van der Waals surface area contributed by atoms with E-state index < -0.39 is 0 Å². The number of nitrogens with zero attached hydrogens (tertiary/aromatic N) is 2. The van der Waals surface area contributed by atoms with Crippen molar-refractivity contribution in [2.75, 3.05) is 7.05 Å². The van der Waals surface area contributed by atoms with Gasteiger partial charge in [0.2, 0.25) is 5.88 Å². The molecule has 0 atom stereocenters. The minimum atomic E-state index is 0.335. The highest BCUT2D eigenvalue weighted by molar-refractivity contribution is 6.31. The third-order valence-electron chi connectivity index (χ3n) is 3.15. The molecule has 0 unspecified atom stereocenters. The Morgan fingerprint density at radius 3 is 2.71 bits per heavy atom. The second-order valence-corrected chi connectivity index (χ2v) is 5.68. The second-order valence-electron chi connectivity index (χ2n) is 5.27. The van der Waals surface area contributed by atoms with E-state index in [4.69, 9.17) is 16.3 Å². The molecule has 4 nitrogen and oxygen atoms in total. The van der Waals surface area contributed by atoms with Crippen LogP contribution in [0.15, 0.2) is 24.5 Å². The van der Waals surface area contributed by atoms with Crippen LogP contribution in [0.4, 0.5) is 0 Å². The fourth-order valence-corrected chi connectivity index (χ4v) is 2.47. The van der Waals surface area contributed by atoms with Gasteiger partial charge in [0.05, 0.1) is 11.9 Å². The van der Waals surface area contributed by atoms with Gasteiger partial charge in [-0.2, -0.15) is 0 Å². The van der Waals surface area contributed by atoms with Gasteiger partial charge in [-0.15, -0.1) is 0 Å². The summed E-state index contributed by atoms with van der Waals surface area (Å²) in [4.78, 5) is 8.57. The van der Waals surface area contributed by atoms with E-state index in [1.54, 1.807) is 12.4 Å². The first-order chi connectivity index (χ1) is 10.0. The fourth-order valence-electron chi connectivity index (χ4n) is 2.04. The summed E-state index contributed by atoms with van der Waals surface area (Å²) >= 11 is 6.27. The predicted octanol–water partition coefficient (Wildman–Crippen LogP) is 4.07. The van der Waals surface area contributed by atoms with E-state index >= 15 is 0 Å². The minimum Gasteiger partial charge on any atom is -0.437 e. The number of nitrogens with one attached hydrogen (secondary N) is 1. The van der Waals surface area contributed by atoms with Crippen LogP contribution < -0.4 is 10.1 Å². The van der Waals surface area contributed by atoms with Crippen molar-refractivity contribution in [3.63, 3.8) is 0 Å². The van der Waals surface area contributed by atoms with Crippen LogP contribution in [0, 0.1) is 6.92 Å². The van der Waals surface area contributed by atoms with Crippen LogP contribution in [-0.2, 0) is 6.54 Å². The van der Waals surface area contributed by atoms with Crippen LogP contribution in [0.3, 0.4) is 0 Å².